The molecule has 0 aliphatic carbocycles. The number of ether oxygens (including phenoxy) is 1. The molecule has 30 heavy (non-hydrogen) atoms. The van der Waals surface area contributed by atoms with E-state index in [9.17, 15) is 9.59 Å². The number of esters is 1. The Kier molecular flexibility index (Phi) is 7.42. The molecule has 1 aliphatic rings. The number of nitrogens with one attached hydrogen (secondary N) is 1. The summed E-state index contributed by atoms with van der Waals surface area (Å²) in [6, 6.07) is 6.93. The number of amides is 1. The van der Waals surface area contributed by atoms with Crippen LogP contribution in [0.1, 0.15) is 34.6 Å². The highest BCUT2D eigenvalue weighted by molar-refractivity contribution is 5.95. The first-order chi connectivity index (χ1) is 14.5. The van der Waals surface area contributed by atoms with Crippen LogP contribution in [0.3, 0.4) is 0 Å². The minimum absolute atomic E-state index is 0.116. The van der Waals surface area contributed by atoms with Crippen LogP contribution >= 0.6 is 0 Å². The van der Waals surface area contributed by atoms with Gasteiger partial charge >= 0.3 is 5.97 Å². The number of carbonyl (C=O) groups is 2. The van der Waals surface area contributed by atoms with Gasteiger partial charge in [-0.1, -0.05) is 6.92 Å². The molecule has 0 unspecified atom stereocenters. The summed E-state index contributed by atoms with van der Waals surface area (Å²) in [6.45, 7) is 11.0. The van der Waals surface area contributed by atoms with Crippen LogP contribution in [-0.4, -0.2) is 83.9 Å². The molecule has 2 heterocycles. The predicted octanol–water partition coefficient (Wildman–Crippen LogP) is 0.999. The predicted molar refractivity (Wildman–Crippen MR) is 115 cm³/mol. The third-order valence-corrected chi connectivity index (χ3v) is 5.30. The minimum atomic E-state index is -0.506. The summed E-state index contributed by atoms with van der Waals surface area (Å²) in [7, 11) is 0. The maximum Gasteiger partial charge on any atom is 0.343 e. The van der Waals surface area contributed by atoms with Crippen molar-refractivity contribution in [3.8, 4) is 5.69 Å². The molecule has 1 aromatic heterocycles. The Morgan fingerprint density at radius 1 is 1.10 bits per heavy atom. The Bertz CT molecular complexity index is 856. The SMILES string of the molecule is CCOC(=O)c1cnn(-c2ccc(C(=O)NCCN3CCN(CC)CC3)cc2)c1N. The molecule has 1 aliphatic heterocycles. The van der Waals surface area contributed by atoms with Crippen molar-refractivity contribution in [2.75, 3.05) is 58.2 Å². The van der Waals surface area contributed by atoms with Gasteiger partial charge in [-0.3, -0.25) is 9.69 Å². The molecule has 1 fully saturated rings. The molecule has 162 valence electrons. The van der Waals surface area contributed by atoms with Crippen LogP contribution in [0.5, 0.6) is 0 Å². The molecule has 1 amide bonds. The topological polar surface area (TPSA) is 106 Å². The van der Waals surface area contributed by atoms with Gasteiger partial charge in [-0.15, -0.1) is 0 Å². The molecule has 9 heteroatoms. The Balaban J connectivity index is 1.53. The maximum atomic E-state index is 12.4. The summed E-state index contributed by atoms with van der Waals surface area (Å²) in [5.41, 5.74) is 7.47. The van der Waals surface area contributed by atoms with E-state index in [2.05, 4.69) is 27.1 Å². The number of hydrogen-bond donors (Lipinski definition) is 2. The van der Waals surface area contributed by atoms with Gasteiger partial charge in [0.15, 0.2) is 0 Å². The minimum Gasteiger partial charge on any atom is -0.462 e. The van der Waals surface area contributed by atoms with Gasteiger partial charge in [-0.2, -0.15) is 5.10 Å². The summed E-state index contributed by atoms with van der Waals surface area (Å²) < 4.78 is 6.42. The molecule has 0 saturated carbocycles. The lowest BCUT2D eigenvalue weighted by molar-refractivity contribution is 0.0527. The average molecular weight is 415 g/mol. The first-order valence-electron chi connectivity index (χ1n) is 10.4. The standard InChI is InChI=1S/C21H30N6O3/c1-3-25-11-13-26(14-12-25)10-9-23-20(28)16-5-7-17(8-6-16)27-19(22)18(15-24-27)21(29)30-4-2/h5-8,15H,3-4,9-14,22H2,1-2H3,(H,23,28). The Hall–Kier alpha value is -2.91. The van der Waals surface area contributed by atoms with E-state index in [4.69, 9.17) is 10.5 Å². The van der Waals surface area contributed by atoms with Crippen LogP contribution in [-0.2, 0) is 4.74 Å². The molecular formula is C21H30N6O3. The van der Waals surface area contributed by atoms with Crippen LogP contribution in [0.4, 0.5) is 5.82 Å². The van der Waals surface area contributed by atoms with Crippen molar-refractivity contribution in [2.45, 2.75) is 13.8 Å². The molecule has 1 aromatic carbocycles. The summed E-state index contributed by atoms with van der Waals surface area (Å²) in [5.74, 6) is -0.420. The highest BCUT2D eigenvalue weighted by Crippen LogP contribution is 2.18. The molecule has 3 N–H and O–H groups in total. The number of aromatic nitrogens is 2. The van der Waals surface area contributed by atoms with Gasteiger partial charge in [0.05, 0.1) is 18.5 Å². The number of rotatable bonds is 8. The van der Waals surface area contributed by atoms with E-state index in [0.29, 0.717) is 17.8 Å². The summed E-state index contributed by atoms with van der Waals surface area (Å²) in [5, 5.41) is 7.13. The molecule has 3 rings (SSSR count). The summed E-state index contributed by atoms with van der Waals surface area (Å²) in [6.07, 6.45) is 1.38. The quantitative estimate of drug-likeness (QED) is 0.621. The van der Waals surface area contributed by atoms with Crippen molar-refractivity contribution in [1.82, 2.24) is 24.9 Å². The van der Waals surface area contributed by atoms with E-state index in [-0.39, 0.29) is 23.9 Å². The Morgan fingerprint density at radius 3 is 2.40 bits per heavy atom. The first-order valence-corrected chi connectivity index (χ1v) is 10.4. The number of benzene rings is 1. The van der Waals surface area contributed by atoms with Crippen molar-refractivity contribution in [3.63, 3.8) is 0 Å². The monoisotopic (exact) mass is 414 g/mol. The van der Waals surface area contributed by atoms with Gasteiger partial charge in [0, 0.05) is 44.8 Å². The lowest BCUT2D eigenvalue weighted by atomic mass is 10.2. The average Bonchev–Trinajstić information content (AvgIpc) is 3.16. The fourth-order valence-corrected chi connectivity index (χ4v) is 3.44. The van der Waals surface area contributed by atoms with Gasteiger partial charge in [0.2, 0.25) is 0 Å². The molecule has 9 nitrogen and oxygen atoms in total. The number of hydrogen-bond acceptors (Lipinski definition) is 7. The Morgan fingerprint density at radius 2 is 1.77 bits per heavy atom. The smallest absolute Gasteiger partial charge is 0.343 e. The molecular weight excluding hydrogens is 384 g/mol. The second-order valence-corrected chi connectivity index (χ2v) is 7.15. The summed E-state index contributed by atoms with van der Waals surface area (Å²) in [4.78, 5) is 29.1. The van der Waals surface area contributed by atoms with E-state index >= 15 is 0 Å². The number of carbonyl (C=O) groups excluding carboxylic acids is 2. The molecule has 0 spiro atoms. The number of likely N-dealkylation sites (N-methyl/N-ethyl adjacent to an activating group) is 1. The van der Waals surface area contributed by atoms with Crippen molar-refractivity contribution in [1.29, 1.82) is 0 Å². The van der Waals surface area contributed by atoms with Crippen LogP contribution in [0.15, 0.2) is 30.5 Å². The molecule has 2 aromatic rings. The molecule has 1 saturated heterocycles. The van der Waals surface area contributed by atoms with Crippen LogP contribution in [0, 0.1) is 0 Å². The largest absolute Gasteiger partial charge is 0.462 e. The zero-order valence-electron chi connectivity index (χ0n) is 17.6. The van der Waals surface area contributed by atoms with Crippen molar-refractivity contribution < 1.29 is 14.3 Å². The highest BCUT2D eigenvalue weighted by Gasteiger charge is 2.18. The number of anilines is 1. The first kappa shape index (κ1) is 21.8. The van der Waals surface area contributed by atoms with E-state index < -0.39 is 5.97 Å². The van der Waals surface area contributed by atoms with E-state index in [1.165, 1.54) is 10.9 Å². The highest BCUT2D eigenvalue weighted by atomic mass is 16.5. The van der Waals surface area contributed by atoms with Crippen LogP contribution in [0.2, 0.25) is 0 Å². The Labute approximate surface area is 176 Å². The zero-order chi connectivity index (χ0) is 21.5. The number of piperazine rings is 1. The third kappa shape index (κ3) is 5.17. The second kappa shape index (κ2) is 10.2. The zero-order valence-corrected chi connectivity index (χ0v) is 17.6. The van der Waals surface area contributed by atoms with E-state index in [0.717, 1.165) is 39.3 Å². The lowest BCUT2D eigenvalue weighted by Crippen LogP contribution is -2.48. The number of nitrogens with zero attached hydrogens (tertiary/aromatic N) is 4. The van der Waals surface area contributed by atoms with E-state index in [1.807, 2.05) is 0 Å². The second-order valence-electron chi connectivity index (χ2n) is 7.15. The van der Waals surface area contributed by atoms with E-state index in [1.54, 1.807) is 31.2 Å². The maximum absolute atomic E-state index is 12.4. The van der Waals surface area contributed by atoms with Crippen LogP contribution < -0.4 is 11.1 Å². The van der Waals surface area contributed by atoms with Crippen molar-refractivity contribution >= 4 is 17.7 Å². The molecule has 0 atom stereocenters. The van der Waals surface area contributed by atoms with Crippen molar-refractivity contribution in [3.05, 3.63) is 41.6 Å². The normalized spacial score (nSPS) is 15.1. The molecule has 0 radical (unpaired) electrons. The van der Waals surface area contributed by atoms with Crippen LogP contribution in [0.25, 0.3) is 5.69 Å². The molecule has 0 bridgehead atoms. The third-order valence-electron chi connectivity index (χ3n) is 5.30. The van der Waals surface area contributed by atoms with Gasteiger partial charge in [-0.05, 0) is 37.7 Å². The van der Waals surface area contributed by atoms with Gasteiger partial charge in [-0.25, -0.2) is 9.48 Å². The number of nitrogen functional groups attached to an aromatic ring is 1. The summed E-state index contributed by atoms with van der Waals surface area (Å²) >= 11 is 0. The number of nitrogens with two attached hydrogens (primary N) is 1. The fraction of sp³-hybridized carbons (Fsp3) is 0.476. The van der Waals surface area contributed by atoms with Gasteiger partial charge in [0.25, 0.3) is 5.91 Å². The van der Waals surface area contributed by atoms with Gasteiger partial charge < -0.3 is 20.7 Å². The van der Waals surface area contributed by atoms with Gasteiger partial charge in [0.1, 0.15) is 11.4 Å². The fourth-order valence-electron chi connectivity index (χ4n) is 3.44. The lowest BCUT2D eigenvalue weighted by Gasteiger charge is -2.33. The van der Waals surface area contributed by atoms with Crippen molar-refractivity contribution in [2.24, 2.45) is 0 Å².